The highest BCUT2D eigenvalue weighted by molar-refractivity contribution is 6.34. The molecule has 184 valence electrons. The molecule has 34 heavy (non-hydrogen) atoms. The molecule has 3 fully saturated rings. The predicted octanol–water partition coefficient (Wildman–Crippen LogP) is 2.77. The maximum absolute atomic E-state index is 12.7. The molecule has 2 aliphatic heterocycles. The minimum absolute atomic E-state index is 0.0111. The van der Waals surface area contributed by atoms with Gasteiger partial charge in [-0.25, -0.2) is 4.98 Å². The van der Waals surface area contributed by atoms with Crippen LogP contribution in [0.15, 0.2) is 24.4 Å². The van der Waals surface area contributed by atoms with E-state index in [0.717, 1.165) is 55.5 Å². The number of hydrogen-bond donors (Lipinski definition) is 2. The molecular weight excluding hydrogens is 456 g/mol. The van der Waals surface area contributed by atoms with Crippen molar-refractivity contribution >= 4 is 39.8 Å². The lowest BCUT2D eigenvalue weighted by atomic mass is 9.73. The molecule has 2 saturated heterocycles. The number of amides is 1. The second kappa shape index (κ2) is 9.59. The van der Waals surface area contributed by atoms with Crippen molar-refractivity contribution in [2.24, 2.45) is 11.8 Å². The molecule has 2 N–H and O–H groups in total. The van der Waals surface area contributed by atoms with Crippen LogP contribution in [0.5, 0.6) is 0 Å². The predicted molar refractivity (Wildman–Crippen MR) is 132 cm³/mol. The number of anilines is 2. The number of hydrogen-bond acceptors (Lipinski definition) is 7. The Morgan fingerprint density at radius 1 is 1.26 bits per heavy atom. The molecule has 8 nitrogen and oxygen atoms in total. The summed E-state index contributed by atoms with van der Waals surface area (Å²) in [6, 6.07) is 5.94. The number of methoxy groups -OCH3 is 1. The number of nitrogens with one attached hydrogen (secondary N) is 1. The Morgan fingerprint density at radius 2 is 2.06 bits per heavy atom. The number of halogens is 1. The van der Waals surface area contributed by atoms with Gasteiger partial charge in [-0.3, -0.25) is 9.69 Å². The van der Waals surface area contributed by atoms with Crippen molar-refractivity contribution in [3.05, 3.63) is 29.4 Å². The highest BCUT2D eigenvalue weighted by Gasteiger charge is 2.44. The van der Waals surface area contributed by atoms with Crippen LogP contribution in [0.2, 0.25) is 5.02 Å². The third-order valence-electron chi connectivity index (χ3n) is 7.90. The van der Waals surface area contributed by atoms with Crippen molar-refractivity contribution in [2.45, 2.75) is 31.4 Å². The summed E-state index contributed by atoms with van der Waals surface area (Å²) in [4.78, 5) is 21.7. The minimum Gasteiger partial charge on any atom is -0.389 e. The van der Waals surface area contributed by atoms with E-state index in [2.05, 4.69) is 33.1 Å². The first-order valence-electron chi connectivity index (χ1n) is 12.0. The number of piperazine rings is 1. The molecule has 1 saturated carbocycles. The molecule has 2 aromatic rings. The first kappa shape index (κ1) is 23.8. The fourth-order valence-corrected chi connectivity index (χ4v) is 5.72. The Morgan fingerprint density at radius 3 is 2.71 bits per heavy atom. The standard InChI is InChI=1S/C25H33ClN4O4/c1-25(15-34-14-22(25)31)30-7-5-29(6-8-30)21-10-17-11-23(27-12-18(17)9-20(21)26)28-24(32)19-4-3-16(19)13-33-2/h9-12,16,19,22,31H,3-8,13-15H2,1-2H3,(H,27,28,32)/t16-,19-,22-,25+/m0/s1. The van der Waals surface area contributed by atoms with Gasteiger partial charge >= 0.3 is 0 Å². The lowest BCUT2D eigenvalue weighted by molar-refractivity contribution is -0.126. The van der Waals surface area contributed by atoms with Crippen LogP contribution in [-0.2, 0) is 14.3 Å². The molecule has 0 radical (unpaired) electrons. The van der Waals surface area contributed by atoms with E-state index in [1.165, 1.54) is 0 Å². The molecule has 3 heterocycles. The van der Waals surface area contributed by atoms with Crippen LogP contribution in [0.3, 0.4) is 0 Å². The maximum atomic E-state index is 12.7. The lowest BCUT2D eigenvalue weighted by Gasteiger charge is -2.45. The zero-order valence-electron chi connectivity index (χ0n) is 19.8. The van der Waals surface area contributed by atoms with Gasteiger partial charge in [-0.15, -0.1) is 0 Å². The van der Waals surface area contributed by atoms with Crippen LogP contribution in [-0.4, -0.2) is 85.6 Å². The first-order chi connectivity index (χ1) is 16.4. The SMILES string of the molecule is COC[C@@H]1CC[C@@H]1C(=O)Nc1cc2cc(N3CCN([C@]4(C)COC[C@@H]4O)CC3)c(Cl)cc2cn1. The van der Waals surface area contributed by atoms with Gasteiger partial charge in [0, 0.05) is 57.4 Å². The van der Waals surface area contributed by atoms with Gasteiger partial charge in [-0.2, -0.15) is 0 Å². The number of aromatic nitrogens is 1. The van der Waals surface area contributed by atoms with Gasteiger partial charge < -0.3 is 24.8 Å². The molecule has 9 heteroatoms. The van der Waals surface area contributed by atoms with Gasteiger partial charge in [0.15, 0.2) is 0 Å². The summed E-state index contributed by atoms with van der Waals surface area (Å²) >= 11 is 6.66. The van der Waals surface area contributed by atoms with E-state index in [1.54, 1.807) is 13.3 Å². The third kappa shape index (κ3) is 4.38. The summed E-state index contributed by atoms with van der Waals surface area (Å²) in [6.07, 6.45) is 3.21. The van der Waals surface area contributed by atoms with E-state index in [4.69, 9.17) is 21.1 Å². The molecule has 0 spiro atoms. The van der Waals surface area contributed by atoms with E-state index in [0.29, 0.717) is 30.7 Å². The number of carbonyl (C=O) groups is 1. The zero-order valence-corrected chi connectivity index (χ0v) is 20.6. The summed E-state index contributed by atoms with van der Waals surface area (Å²) in [5, 5.41) is 16.0. The number of fused-ring (bicyclic) bond motifs is 1. The fraction of sp³-hybridized carbons (Fsp3) is 0.600. The van der Waals surface area contributed by atoms with Crippen LogP contribution in [0.25, 0.3) is 10.8 Å². The number of benzene rings is 1. The molecule has 1 aliphatic carbocycles. The lowest BCUT2D eigenvalue weighted by Crippen LogP contribution is -2.60. The van der Waals surface area contributed by atoms with E-state index in [9.17, 15) is 9.90 Å². The maximum Gasteiger partial charge on any atom is 0.229 e. The molecule has 5 rings (SSSR count). The Kier molecular flexibility index (Phi) is 6.70. The van der Waals surface area contributed by atoms with Crippen molar-refractivity contribution in [1.82, 2.24) is 9.88 Å². The summed E-state index contributed by atoms with van der Waals surface area (Å²) in [5.74, 6) is 0.840. The Bertz CT molecular complexity index is 1060. The van der Waals surface area contributed by atoms with Gasteiger partial charge in [0.25, 0.3) is 0 Å². The molecule has 1 amide bonds. The largest absolute Gasteiger partial charge is 0.389 e. The van der Waals surface area contributed by atoms with Gasteiger partial charge in [0.2, 0.25) is 5.91 Å². The molecule has 0 unspecified atom stereocenters. The van der Waals surface area contributed by atoms with E-state index in [1.807, 2.05) is 12.1 Å². The van der Waals surface area contributed by atoms with Crippen molar-refractivity contribution in [3.8, 4) is 0 Å². The second-order valence-corrected chi connectivity index (χ2v) is 10.4. The number of aliphatic hydroxyl groups excluding tert-OH is 1. The fourth-order valence-electron chi connectivity index (χ4n) is 5.42. The summed E-state index contributed by atoms with van der Waals surface area (Å²) in [6.45, 7) is 6.92. The van der Waals surface area contributed by atoms with Crippen molar-refractivity contribution in [1.29, 1.82) is 0 Å². The Balaban J connectivity index is 1.29. The number of rotatable bonds is 6. The molecule has 1 aromatic carbocycles. The normalized spacial score (nSPS) is 29.9. The van der Waals surface area contributed by atoms with Crippen LogP contribution < -0.4 is 10.2 Å². The molecular formula is C25H33ClN4O4. The summed E-state index contributed by atoms with van der Waals surface area (Å²) < 4.78 is 10.7. The quantitative estimate of drug-likeness (QED) is 0.646. The van der Waals surface area contributed by atoms with Crippen molar-refractivity contribution < 1.29 is 19.4 Å². The zero-order chi connectivity index (χ0) is 23.9. The second-order valence-electron chi connectivity index (χ2n) is 9.97. The Labute approximate surface area is 205 Å². The highest BCUT2D eigenvalue weighted by Crippen LogP contribution is 2.36. The molecule has 4 atom stereocenters. The molecule has 3 aliphatic rings. The van der Waals surface area contributed by atoms with Crippen molar-refractivity contribution in [3.63, 3.8) is 0 Å². The van der Waals surface area contributed by atoms with Gasteiger partial charge in [0.1, 0.15) is 5.82 Å². The average molecular weight is 489 g/mol. The average Bonchev–Trinajstić information content (AvgIpc) is 3.15. The molecule has 1 aromatic heterocycles. The van der Waals surface area contributed by atoms with Crippen LogP contribution in [0.4, 0.5) is 11.5 Å². The topological polar surface area (TPSA) is 87.2 Å². The smallest absolute Gasteiger partial charge is 0.229 e. The summed E-state index contributed by atoms with van der Waals surface area (Å²) in [5.41, 5.74) is 0.644. The van der Waals surface area contributed by atoms with E-state index in [-0.39, 0.29) is 23.3 Å². The van der Waals surface area contributed by atoms with Crippen molar-refractivity contribution in [2.75, 3.05) is 63.3 Å². The van der Waals surface area contributed by atoms with Crippen LogP contribution in [0, 0.1) is 11.8 Å². The number of aliphatic hydroxyl groups is 1. The monoisotopic (exact) mass is 488 g/mol. The van der Waals surface area contributed by atoms with E-state index >= 15 is 0 Å². The molecule has 0 bridgehead atoms. The number of carbonyl (C=O) groups excluding carboxylic acids is 1. The first-order valence-corrected chi connectivity index (χ1v) is 12.4. The van der Waals surface area contributed by atoms with Crippen LogP contribution in [0.1, 0.15) is 19.8 Å². The van der Waals surface area contributed by atoms with Crippen LogP contribution >= 0.6 is 11.6 Å². The Hall–Kier alpha value is -1.97. The number of nitrogens with zero attached hydrogens (tertiary/aromatic N) is 3. The summed E-state index contributed by atoms with van der Waals surface area (Å²) in [7, 11) is 1.67. The van der Waals surface area contributed by atoms with Gasteiger partial charge in [-0.05, 0) is 49.3 Å². The number of ether oxygens (including phenoxy) is 2. The van der Waals surface area contributed by atoms with E-state index < -0.39 is 6.10 Å². The third-order valence-corrected chi connectivity index (χ3v) is 8.21. The number of pyridine rings is 1. The minimum atomic E-state index is -0.464. The van der Waals surface area contributed by atoms with Gasteiger partial charge in [-0.1, -0.05) is 11.6 Å². The highest BCUT2D eigenvalue weighted by atomic mass is 35.5. The van der Waals surface area contributed by atoms with Gasteiger partial charge in [0.05, 0.1) is 35.6 Å².